The maximum absolute atomic E-state index is 13.0. The minimum Gasteiger partial charge on any atom is -0.483 e. The van der Waals surface area contributed by atoms with Gasteiger partial charge in [-0.3, -0.25) is 39.1 Å². The van der Waals surface area contributed by atoms with Gasteiger partial charge in [-0.1, -0.05) is 6.07 Å². The molecule has 0 radical (unpaired) electrons. The number of carbonyl (C=O) groups excluding carboxylic acids is 5. The van der Waals surface area contributed by atoms with Crippen molar-refractivity contribution in [3.05, 3.63) is 29.3 Å². The maximum atomic E-state index is 13.0. The highest BCUT2D eigenvalue weighted by Gasteiger charge is 2.46. The first-order chi connectivity index (χ1) is 16.8. The minimum absolute atomic E-state index is 0.0000330. The lowest BCUT2D eigenvalue weighted by Crippen LogP contribution is -2.54. The number of hydrogen-bond acceptors (Lipinski definition) is 9. The van der Waals surface area contributed by atoms with Crippen LogP contribution in [0.15, 0.2) is 18.2 Å². The van der Waals surface area contributed by atoms with Crippen molar-refractivity contribution in [3.8, 4) is 5.75 Å². The average Bonchev–Trinajstić information content (AvgIpc) is 3.36. The van der Waals surface area contributed by atoms with Crippen LogP contribution >= 0.6 is 0 Å². The topological polar surface area (TPSA) is 160 Å². The van der Waals surface area contributed by atoms with Crippen LogP contribution in [0.3, 0.4) is 0 Å². The molecule has 1 aromatic carbocycles. The molecule has 0 aliphatic carbocycles. The Labute approximate surface area is 202 Å². The summed E-state index contributed by atoms with van der Waals surface area (Å²) >= 11 is 0. The molecule has 2 saturated heterocycles. The summed E-state index contributed by atoms with van der Waals surface area (Å²) in [6.45, 7) is 3.49. The molecule has 5 amide bonds. The van der Waals surface area contributed by atoms with Crippen molar-refractivity contribution in [2.24, 2.45) is 5.73 Å². The van der Waals surface area contributed by atoms with E-state index in [0.29, 0.717) is 19.8 Å². The fraction of sp³-hybridized carbons (Fsp3) is 0.522. The predicted molar refractivity (Wildman–Crippen MR) is 121 cm³/mol. The number of ether oxygens (including phenoxy) is 2. The molecule has 3 heterocycles. The van der Waals surface area contributed by atoms with Gasteiger partial charge in [0, 0.05) is 32.1 Å². The third kappa shape index (κ3) is 5.66. The van der Waals surface area contributed by atoms with Crippen molar-refractivity contribution in [1.29, 1.82) is 0 Å². The Kier molecular flexibility index (Phi) is 7.73. The first kappa shape index (κ1) is 24.8. The van der Waals surface area contributed by atoms with Crippen LogP contribution in [0, 0.1) is 0 Å². The zero-order chi connectivity index (χ0) is 24.9. The molecule has 0 spiro atoms. The van der Waals surface area contributed by atoms with E-state index in [9.17, 15) is 24.0 Å². The average molecular weight is 488 g/mol. The number of imide groups is 2. The maximum Gasteiger partial charge on any atom is 0.266 e. The third-order valence-electron chi connectivity index (χ3n) is 6.22. The molecule has 0 saturated carbocycles. The molecule has 3 aliphatic rings. The van der Waals surface area contributed by atoms with Crippen molar-refractivity contribution >= 4 is 29.5 Å². The smallest absolute Gasteiger partial charge is 0.266 e. The summed E-state index contributed by atoms with van der Waals surface area (Å²) in [6.07, 6.45) is 1.08. The molecule has 4 rings (SSSR count). The van der Waals surface area contributed by atoms with Gasteiger partial charge in [-0.2, -0.15) is 0 Å². The van der Waals surface area contributed by atoms with Crippen LogP contribution < -0.4 is 21.1 Å². The summed E-state index contributed by atoms with van der Waals surface area (Å²) in [5.41, 5.74) is 5.96. The summed E-state index contributed by atoms with van der Waals surface area (Å²) in [6, 6.07) is 3.64. The summed E-state index contributed by atoms with van der Waals surface area (Å²) in [4.78, 5) is 64.7. The number of piperidine rings is 1. The van der Waals surface area contributed by atoms with E-state index in [0.717, 1.165) is 31.0 Å². The van der Waals surface area contributed by atoms with Crippen molar-refractivity contribution in [2.75, 3.05) is 46.0 Å². The van der Waals surface area contributed by atoms with E-state index >= 15 is 0 Å². The normalized spacial score (nSPS) is 22.4. The number of benzene rings is 1. The van der Waals surface area contributed by atoms with Gasteiger partial charge in [0.2, 0.25) is 11.8 Å². The highest BCUT2D eigenvalue weighted by atomic mass is 16.5. The minimum atomic E-state index is -1.07. The molecule has 4 N–H and O–H groups in total. The van der Waals surface area contributed by atoms with E-state index in [1.165, 1.54) is 18.2 Å². The molecule has 2 fully saturated rings. The van der Waals surface area contributed by atoms with Gasteiger partial charge in [0.1, 0.15) is 11.8 Å². The van der Waals surface area contributed by atoms with E-state index in [1.54, 1.807) is 0 Å². The number of nitrogens with two attached hydrogens (primary N) is 1. The van der Waals surface area contributed by atoms with E-state index in [2.05, 4.69) is 15.5 Å². The number of likely N-dealkylation sites (tertiary alicyclic amines) is 1. The number of hydrogen-bond donors (Lipinski definition) is 3. The molecule has 35 heavy (non-hydrogen) atoms. The molecule has 2 atom stereocenters. The van der Waals surface area contributed by atoms with Crippen LogP contribution in [0.1, 0.15) is 40.0 Å². The number of amides is 5. The molecule has 12 nitrogen and oxygen atoms in total. The summed E-state index contributed by atoms with van der Waals surface area (Å²) in [7, 11) is 0. The van der Waals surface area contributed by atoms with Crippen LogP contribution in [0.25, 0.3) is 0 Å². The highest BCUT2D eigenvalue weighted by molar-refractivity contribution is 6.24. The van der Waals surface area contributed by atoms with Crippen molar-refractivity contribution in [2.45, 2.75) is 31.3 Å². The Morgan fingerprint density at radius 3 is 2.71 bits per heavy atom. The van der Waals surface area contributed by atoms with Crippen molar-refractivity contribution in [3.63, 3.8) is 0 Å². The Balaban J connectivity index is 1.24. The van der Waals surface area contributed by atoms with Gasteiger partial charge in [-0.25, -0.2) is 0 Å². The first-order valence-corrected chi connectivity index (χ1v) is 11.6. The lowest BCUT2D eigenvalue weighted by Gasteiger charge is -2.27. The molecule has 0 bridgehead atoms. The Bertz CT molecular complexity index is 1030. The fourth-order valence-electron chi connectivity index (χ4n) is 4.42. The third-order valence-corrected chi connectivity index (χ3v) is 6.22. The van der Waals surface area contributed by atoms with E-state index in [-0.39, 0.29) is 42.4 Å². The fourth-order valence-corrected chi connectivity index (χ4v) is 4.42. The number of nitrogens with zero attached hydrogens (tertiary/aromatic N) is 2. The molecular formula is C23H29N5O7. The highest BCUT2D eigenvalue weighted by Crippen LogP contribution is 2.33. The quantitative estimate of drug-likeness (QED) is 0.267. The lowest BCUT2D eigenvalue weighted by atomic mass is 10.0. The largest absolute Gasteiger partial charge is 0.483 e. The second kappa shape index (κ2) is 10.9. The second-order valence-electron chi connectivity index (χ2n) is 8.73. The van der Waals surface area contributed by atoms with E-state index < -0.39 is 35.6 Å². The second-order valence-corrected chi connectivity index (χ2v) is 8.73. The van der Waals surface area contributed by atoms with Crippen LogP contribution in [0.2, 0.25) is 0 Å². The van der Waals surface area contributed by atoms with Gasteiger partial charge in [0.15, 0.2) is 6.61 Å². The molecule has 188 valence electrons. The van der Waals surface area contributed by atoms with E-state index in [1.807, 2.05) is 0 Å². The zero-order valence-electron chi connectivity index (χ0n) is 19.3. The van der Waals surface area contributed by atoms with Gasteiger partial charge in [0.25, 0.3) is 17.7 Å². The predicted octanol–water partition coefficient (Wildman–Crippen LogP) is -1.37. The van der Waals surface area contributed by atoms with Gasteiger partial charge >= 0.3 is 0 Å². The van der Waals surface area contributed by atoms with Gasteiger partial charge in [-0.15, -0.1) is 0 Å². The van der Waals surface area contributed by atoms with Gasteiger partial charge in [-0.05, 0) is 31.5 Å². The zero-order valence-corrected chi connectivity index (χ0v) is 19.3. The Morgan fingerprint density at radius 2 is 1.97 bits per heavy atom. The Hall–Kier alpha value is -3.35. The Morgan fingerprint density at radius 1 is 1.14 bits per heavy atom. The number of nitrogens with one attached hydrogen (secondary N) is 2. The van der Waals surface area contributed by atoms with Crippen LogP contribution in [-0.2, 0) is 19.1 Å². The van der Waals surface area contributed by atoms with E-state index in [4.69, 9.17) is 15.2 Å². The molecule has 2 unspecified atom stereocenters. The van der Waals surface area contributed by atoms with Gasteiger partial charge in [0.05, 0.1) is 24.3 Å². The van der Waals surface area contributed by atoms with Crippen molar-refractivity contribution in [1.82, 2.24) is 20.4 Å². The molecule has 0 aromatic heterocycles. The molecule has 12 heteroatoms. The first-order valence-electron chi connectivity index (χ1n) is 11.6. The van der Waals surface area contributed by atoms with Crippen LogP contribution in [0.4, 0.5) is 0 Å². The van der Waals surface area contributed by atoms with Gasteiger partial charge < -0.3 is 20.5 Å². The number of fused-ring (bicyclic) bond motifs is 1. The number of carbonyl (C=O) groups is 5. The summed E-state index contributed by atoms with van der Waals surface area (Å²) < 4.78 is 11.1. The SMILES string of the molecule is NC1CCN(CCOCCNC(=O)COc2cccc3c2C(=O)N(C2CCC(=O)NC2=O)C3=O)C1. The molecule has 3 aliphatic heterocycles. The summed E-state index contributed by atoms with van der Waals surface area (Å²) in [5.74, 6) is -2.80. The molecular weight excluding hydrogens is 458 g/mol. The monoisotopic (exact) mass is 487 g/mol. The van der Waals surface area contributed by atoms with Crippen molar-refractivity contribution < 1.29 is 33.4 Å². The summed E-state index contributed by atoms with van der Waals surface area (Å²) in [5, 5.41) is 4.83. The standard InChI is InChI=1S/C23H29N5O7/c24-14-6-8-27(12-14)9-11-34-10-7-25-19(30)13-35-17-3-1-2-15-20(17)23(33)28(22(15)32)16-4-5-18(29)26-21(16)31/h1-3,14,16H,4-13,24H2,(H,25,30)(H,26,29,31). The number of rotatable bonds is 10. The van der Waals surface area contributed by atoms with Crippen LogP contribution in [0.5, 0.6) is 5.75 Å². The van der Waals surface area contributed by atoms with Crippen LogP contribution in [-0.4, -0.2) is 97.4 Å². The lowest BCUT2D eigenvalue weighted by molar-refractivity contribution is -0.136. The molecule has 1 aromatic rings.